The maximum atomic E-state index is 12.8. The Morgan fingerprint density at radius 1 is 0.194 bits per heavy atom. The minimum absolute atomic E-state index is 0. The first-order valence-electron chi connectivity index (χ1n) is 47.4. The molecular formula is C108H132O12P3Yb. The van der Waals surface area contributed by atoms with Gasteiger partial charge in [0, 0.05) is 33.4 Å². The third-order valence-electron chi connectivity index (χ3n) is 25.2. The van der Waals surface area contributed by atoms with Gasteiger partial charge in [-0.3, -0.25) is 0 Å². The summed E-state index contributed by atoms with van der Waals surface area (Å²) in [7, 11) is -13.7. The molecule has 0 fully saturated rings. The first-order valence-corrected chi connectivity index (χ1v) is 51.8. The van der Waals surface area contributed by atoms with Crippen molar-refractivity contribution in [2.24, 2.45) is 0 Å². The van der Waals surface area contributed by atoms with Gasteiger partial charge in [0.25, 0.3) is 0 Å². The fourth-order valence-electron chi connectivity index (χ4n) is 18.5. The molecule has 0 unspecified atom stereocenters. The van der Waals surface area contributed by atoms with Crippen molar-refractivity contribution in [2.75, 3.05) is 0 Å². The molecule has 0 spiro atoms. The van der Waals surface area contributed by atoms with Crippen LogP contribution in [0.25, 0.3) is 98.0 Å². The van der Waals surface area contributed by atoms with Crippen LogP contribution in [0, 0.1) is 46.9 Å². The van der Waals surface area contributed by atoms with E-state index in [1.807, 2.05) is 36.4 Å². The van der Waals surface area contributed by atoms with E-state index < -0.39 is 23.5 Å². The smallest absolute Gasteiger partial charge is 0.736 e. The van der Waals surface area contributed by atoms with Crippen molar-refractivity contribution in [1.29, 1.82) is 0 Å². The topological polar surface area (TPSA) is 176 Å². The second kappa shape index (κ2) is 47.9. The minimum Gasteiger partial charge on any atom is -0.736 e. The molecule has 1 radical (unpaired) electrons. The summed E-state index contributed by atoms with van der Waals surface area (Å²) in [5.74, 6) is 1.93. The average Bonchev–Trinajstić information content (AvgIpc) is 1.47. The largest absolute Gasteiger partial charge is 3.00 e. The standard InChI is InChI=1S/3C36H45O4P.Yb/c3*1-3-5-7-9-11-13-15-27-17-21-31-29(25-27)19-23-33-35(31)36-32-22-18-28(16-14-12-10-8-6-4-2)26-30(32)20-24-34(36)40-41(37,38)39-33;/h3*17-26H,3-16H2,1-2H3,(H,37,38);/q;;;+3/p-3. The number of fused-ring (bicyclic) bond motifs is 21. The molecule has 12 aromatic carbocycles. The van der Waals surface area contributed by atoms with Crippen molar-refractivity contribution in [1.82, 2.24) is 0 Å². The van der Waals surface area contributed by atoms with Gasteiger partial charge < -0.3 is 41.8 Å². The fraction of sp³-hybridized carbons (Fsp3) is 0.444. The zero-order chi connectivity index (χ0) is 86.0. The summed E-state index contributed by atoms with van der Waals surface area (Å²) in [6, 6.07) is 61.8. The predicted molar refractivity (Wildman–Crippen MR) is 510 cm³/mol. The Labute approximate surface area is 778 Å². The number of aryl methyl sites for hydroxylation is 6. The van der Waals surface area contributed by atoms with E-state index in [2.05, 4.69) is 151 Å². The van der Waals surface area contributed by atoms with Crippen LogP contribution in [0.2, 0.25) is 0 Å². The maximum Gasteiger partial charge on any atom is 3.00 e. The summed E-state index contributed by atoms with van der Waals surface area (Å²) in [4.78, 5) is 38.4. The van der Waals surface area contributed by atoms with Gasteiger partial charge in [0.15, 0.2) is 0 Å². The Morgan fingerprint density at radius 3 is 0.476 bits per heavy atom. The summed E-state index contributed by atoms with van der Waals surface area (Å²) < 4.78 is 71.5. The van der Waals surface area contributed by atoms with Gasteiger partial charge in [-0.15, -0.1) is 0 Å². The zero-order valence-corrected chi connectivity index (χ0v) is 78.9. The Hall–Kier alpha value is -6.91. The molecule has 3 heterocycles. The van der Waals surface area contributed by atoms with Crippen LogP contribution in [0.3, 0.4) is 0 Å². The van der Waals surface area contributed by atoms with Gasteiger partial charge in [0.2, 0.25) is 0 Å². The van der Waals surface area contributed by atoms with E-state index in [0.717, 1.165) is 137 Å². The first kappa shape index (κ1) is 96.2. The van der Waals surface area contributed by atoms with Gasteiger partial charge in [0.1, 0.15) is 34.5 Å². The minimum atomic E-state index is -4.57. The molecule has 0 saturated carbocycles. The number of rotatable bonds is 42. The van der Waals surface area contributed by atoms with E-state index in [1.54, 1.807) is 36.4 Å². The number of unbranched alkanes of at least 4 members (excludes halogenated alkanes) is 30. The van der Waals surface area contributed by atoms with E-state index >= 15 is 0 Å². The van der Waals surface area contributed by atoms with Crippen molar-refractivity contribution >= 4 is 88.1 Å². The molecule has 16 heteroatoms. The van der Waals surface area contributed by atoms with E-state index in [0.29, 0.717) is 34.5 Å². The molecular weight excluding hydrogens is 1760 g/mol. The van der Waals surface area contributed by atoms with Gasteiger partial charge in [-0.1, -0.05) is 380 Å². The molecule has 0 atom stereocenters. The molecule has 3 aliphatic rings. The van der Waals surface area contributed by atoms with Crippen LogP contribution in [0.4, 0.5) is 0 Å². The summed E-state index contributed by atoms with van der Waals surface area (Å²) in [5.41, 5.74) is 12.6. The summed E-state index contributed by atoms with van der Waals surface area (Å²) >= 11 is 0. The Kier molecular flexibility index (Phi) is 37.2. The summed E-state index contributed by atoms with van der Waals surface area (Å²) in [6.45, 7) is 13.5. The van der Waals surface area contributed by atoms with E-state index in [1.165, 1.54) is 265 Å². The van der Waals surface area contributed by atoms with Crippen molar-refractivity contribution in [3.8, 4) is 67.9 Å². The van der Waals surface area contributed by atoms with Crippen molar-refractivity contribution < 1.29 is 102 Å². The summed E-state index contributed by atoms with van der Waals surface area (Å²) in [5, 5.41) is 12.4. The van der Waals surface area contributed by atoms with Gasteiger partial charge in [-0.25, -0.2) is 13.7 Å². The fourth-order valence-corrected chi connectivity index (χ4v) is 21.0. The van der Waals surface area contributed by atoms with Crippen LogP contribution in [-0.2, 0) is 52.2 Å². The Morgan fingerprint density at radius 2 is 0.331 bits per heavy atom. The van der Waals surface area contributed by atoms with Crippen molar-refractivity contribution in [2.45, 2.75) is 311 Å². The number of phosphoric acid groups is 3. The van der Waals surface area contributed by atoms with Gasteiger partial charge in [-0.2, -0.15) is 0 Å². The van der Waals surface area contributed by atoms with Crippen LogP contribution in [0.15, 0.2) is 182 Å². The zero-order valence-electron chi connectivity index (χ0n) is 74.5. The first-order chi connectivity index (χ1) is 60.0. The predicted octanol–water partition coefficient (Wildman–Crippen LogP) is 32.1. The molecule has 665 valence electrons. The SMILES string of the molecule is CCCCCCCCc1ccc2c3c(ccc2c1)OP(=O)([O-])Oc1ccc2cc(CCCCCCCC)ccc2c1-3.CCCCCCCCc1ccc2c3c(ccc2c1)OP(=O)([O-])Oc1ccc2cc(CCCCCCCC)ccc2c1-3.CCCCCCCCc1ccc2c3c(ccc2c1)OP(=O)([O-])Oc1ccc2cc(CCCCCCCC)ccc2c1-3.[Yb+3]. The Bertz CT molecular complexity index is 4800. The van der Waals surface area contributed by atoms with Gasteiger partial charge >= 0.3 is 70.4 Å². The molecule has 3 aliphatic heterocycles. The van der Waals surface area contributed by atoms with Crippen LogP contribution in [0.1, 0.15) is 306 Å². The summed E-state index contributed by atoms with van der Waals surface area (Å²) in [6.07, 6.45) is 52.2. The van der Waals surface area contributed by atoms with E-state index in [9.17, 15) is 28.4 Å². The molecule has 12 nitrogen and oxygen atoms in total. The van der Waals surface area contributed by atoms with Crippen LogP contribution in [0.5, 0.6) is 34.5 Å². The normalized spacial score (nSPS) is 13.7. The molecule has 12 aromatic rings. The quantitative estimate of drug-likeness (QED) is 0.0262. The van der Waals surface area contributed by atoms with Crippen LogP contribution >= 0.6 is 23.5 Å². The second-order valence-electron chi connectivity index (χ2n) is 35.0. The molecule has 0 aromatic heterocycles. The van der Waals surface area contributed by atoms with E-state index in [4.69, 9.17) is 27.1 Å². The average molecular weight is 1890 g/mol. The second-order valence-corrected chi connectivity index (χ2v) is 38.7. The number of benzene rings is 12. The molecule has 0 saturated heterocycles. The maximum absolute atomic E-state index is 12.8. The number of phosphoric ester groups is 3. The molecule has 15 rings (SSSR count). The van der Waals surface area contributed by atoms with Crippen molar-refractivity contribution in [3.63, 3.8) is 0 Å². The molecule has 0 N–H and O–H groups in total. The third kappa shape index (κ3) is 26.2. The molecule has 0 aliphatic carbocycles. The van der Waals surface area contributed by atoms with Crippen molar-refractivity contribution in [3.05, 3.63) is 215 Å². The number of hydrogen-bond donors (Lipinski definition) is 0. The third-order valence-corrected chi connectivity index (χ3v) is 27.7. The van der Waals surface area contributed by atoms with Crippen LogP contribution in [-0.4, -0.2) is 0 Å². The molecule has 0 bridgehead atoms. The monoisotopic (exact) mass is 1890 g/mol. The van der Waals surface area contributed by atoms with E-state index in [-0.39, 0.29) is 46.9 Å². The molecule has 0 amide bonds. The van der Waals surface area contributed by atoms with Crippen LogP contribution < -0.4 is 41.8 Å². The Balaban J connectivity index is 0.000000169. The van der Waals surface area contributed by atoms with Gasteiger partial charge in [0.05, 0.1) is 0 Å². The number of hydrogen-bond acceptors (Lipinski definition) is 12. The molecule has 124 heavy (non-hydrogen) atoms. The van der Waals surface area contributed by atoms with Gasteiger partial charge in [-0.05, 0) is 211 Å².